The van der Waals surface area contributed by atoms with Crippen LogP contribution in [0.4, 0.5) is 11.4 Å². The van der Waals surface area contributed by atoms with Gasteiger partial charge in [0, 0.05) is 34.9 Å². The second-order valence-corrected chi connectivity index (χ2v) is 7.35. The minimum atomic E-state index is -0.667. The van der Waals surface area contributed by atoms with Crippen molar-refractivity contribution in [1.29, 1.82) is 0 Å². The molecule has 4 rings (SSSR count). The summed E-state index contributed by atoms with van der Waals surface area (Å²) in [5, 5.41) is 22.0. The van der Waals surface area contributed by atoms with Crippen molar-refractivity contribution in [1.82, 2.24) is 0 Å². The number of nitro groups is 2. The number of rotatable bonds is 7. The average Bonchev–Trinajstić information content (AvgIpc) is 3.18. The molecular weight excluding hydrogens is 442 g/mol. The van der Waals surface area contributed by atoms with Crippen LogP contribution in [0.25, 0.3) is 6.08 Å². The lowest BCUT2D eigenvalue weighted by molar-refractivity contribution is -0.385. The predicted octanol–water partition coefficient (Wildman–Crippen LogP) is 4.73. The molecule has 0 atom stereocenters. The number of esters is 1. The van der Waals surface area contributed by atoms with Crippen molar-refractivity contribution in [3.8, 4) is 5.75 Å². The Morgan fingerprint density at radius 2 is 1.79 bits per heavy atom. The molecule has 1 aliphatic heterocycles. The quantitative estimate of drug-likeness (QED) is 0.216. The molecule has 0 N–H and O–H groups in total. The highest BCUT2D eigenvalue weighted by molar-refractivity contribution is 6.13. The van der Waals surface area contributed by atoms with Gasteiger partial charge in [-0.25, -0.2) is 9.79 Å². The number of aliphatic imine (C=N–C) groups is 1. The maximum atomic E-state index is 12.4. The first-order chi connectivity index (χ1) is 16.3. The third-order valence-corrected chi connectivity index (χ3v) is 4.99. The summed E-state index contributed by atoms with van der Waals surface area (Å²) in [5.74, 6) is -0.173. The molecule has 1 aliphatic rings. The van der Waals surface area contributed by atoms with Crippen LogP contribution < -0.4 is 4.74 Å². The first-order valence-corrected chi connectivity index (χ1v) is 10.0. The molecule has 0 aromatic heterocycles. The van der Waals surface area contributed by atoms with Gasteiger partial charge in [0.05, 0.1) is 9.85 Å². The zero-order valence-corrected chi connectivity index (χ0v) is 17.8. The fraction of sp³-hybridized carbons (Fsp3) is 0.0833. The van der Waals surface area contributed by atoms with Crippen LogP contribution in [0.1, 0.15) is 22.3 Å². The molecular formula is C24H17N3O7. The van der Waals surface area contributed by atoms with E-state index in [0.29, 0.717) is 28.0 Å². The van der Waals surface area contributed by atoms with Crippen molar-refractivity contribution in [3.63, 3.8) is 0 Å². The van der Waals surface area contributed by atoms with Crippen molar-refractivity contribution in [2.75, 3.05) is 0 Å². The van der Waals surface area contributed by atoms with Crippen molar-refractivity contribution in [2.45, 2.75) is 13.5 Å². The van der Waals surface area contributed by atoms with Gasteiger partial charge in [0.2, 0.25) is 5.90 Å². The van der Waals surface area contributed by atoms with E-state index in [-0.39, 0.29) is 29.6 Å². The molecule has 10 nitrogen and oxygen atoms in total. The summed E-state index contributed by atoms with van der Waals surface area (Å²) in [6, 6.07) is 17.4. The molecule has 3 aromatic carbocycles. The second-order valence-electron chi connectivity index (χ2n) is 7.35. The van der Waals surface area contributed by atoms with Crippen molar-refractivity contribution >= 4 is 29.3 Å². The Morgan fingerprint density at radius 1 is 1.00 bits per heavy atom. The predicted molar refractivity (Wildman–Crippen MR) is 122 cm³/mol. The Bertz CT molecular complexity index is 1380. The maximum absolute atomic E-state index is 12.4. The lowest BCUT2D eigenvalue weighted by atomic mass is 10.1. The topological polar surface area (TPSA) is 134 Å². The molecule has 0 amide bonds. The van der Waals surface area contributed by atoms with E-state index in [1.54, 1.807) is 43.3 Å². The van der Waals surface area contributed by atoms with Crippen LogP contribution in [0.3, 0.4) is 0 Å². The van der Waals surface area contributed by atoms with Gasteiger partial charge in [-0.15, -0.1) is 0 Å². The van der Waals surface area contributed by atoms with Crippen LogP contribution in [0.5, 0.6) is 5.75 Å². The molecule has 0 bridgehead atoms. The molecule has 0 fully saturated rings. The standard InChI is InChI=1S/C24H17N3O7/c1-15-11-18(9-10-21(15)27(31)32)23-25-20(24(28)34-23)13-17-6-2-3-8-22(17)33-14-16-5-4-7-19(12-16)26(29)30/h2-13H,14H2,1H3/b20-13-. The number of non-ortho nitro benzene ring substituents is 1. The van der Waals surface area contributed by atoms with Crippen molar-refractivity contribution in [3.05, 3.63) is 115 Å². The summed E-state index contributed by atoms with van der Waals surface area (Å²) in [7, 11) is 0. The molecule has 0 saturated heterocycles. The number of nitro benzene ring substituents is 2. The molecule has 0 unspecified atom stereocenters. The van der Waals surface area contributed by atoms with Crippen molar-refractivity contribution in [2.24, 2.45) is 4.99 Å². The zero-order chi connectivity index (χ0) is 24.2. The fourth-order valence-corrected chi connectivity index (χ4v) is 3.33. The van der Waals surface area contributed by atoms with E-state index >= 15 is 0 Å². The Balaban J connectivity index is 1.57. The van der Waals surface area contributed by atoms with Crippen LogP contribution >= 0.6 is 0 Å². The van der Waals surface area contributed by atoms with Crippen LogP contribution in [0.2, 0.25) is 0 Å². The van der Waals surface area contributed by atoms with Gasteiger partial charge in [-0.2, -0.15) is 0 Å². The summed E-state index contributed by atoms with van der Waals surface area (Å²) >= 11 is 0. The number of ether oxygens (including phenoxy) is 2. The number of hydrogen-bond acceptors (Lipinski definition) is 8. The maximum Gasteiger partial charge on any atom is 0.363 e. The largest absolute Gasteiger partial charge is 0.488 e. The first-order valence-electron chi connectivity index (χ1n) is 10.0. The Labute approximate surface area is 193 Å². The van der Waals surface area contributed by atoms with Crippen LogP contribution in [-0.2, 0) is 16.1 Å². The normalized spacial score (nSPS) is 14.0. The van der Waals surface area contributed by atoms with Crippen LogP contribution in [0, 0.1) is 27.2 Å². The molecule has 10 heteroatoms. The van der Waals surface area contributed by atoms with Gasteiger partial charge in [0.15, 0.2) is 5.70 Å². The summed E-state index contributed by atoms with van der Waals surface area (Å²) < 4.78 is 11.1. The summed E-state index contributed by atoms with van der Waals surface area (Å²) in [4.78, 5) is 37.7. The Hall–Kier alpha value is -4.86. The number of carbonyl (C=O) groups excluding carboxylic acids is 1. The van der Waals surface area contributed by atoms with Gasteiger partial charge < -0.3 is 9.47 Å². The van der Waals surface area contributed by atoms with E-state index in [4.69, 9.17) is 9.47 Å². The fourth-order valence-electron chi connectivity index (χ4n) is 3.33. The Kier molecular flexibility index (Phi) is 6.13. The summed E-state index contributed by atoms with van der Waals surface area (Å²) in [5.41, 5.74) is 1.99. The summed E-state index contributed by atoms with van der Waals surface area (Å²) in [6.07, 6.45) is 1.51. The zero-order valence-electron chi connectivity index (χ0n) is 17.8. The molecule has 0 saturated carbocycles. The lowest BCUT2D eigenvalue weighted by Gasteiger charge is -2.09. The van der Waals surface area contributed by atoms with E-state index in [9.17, 15) is 25.0 Å². The van der Waals surface area contributed by atoms with Crippen molar-refractivity contribution < 1.29 is 24.1 Å². The Morgan fingerprint density at radius 3 is 2.53 bits per heavy atom. The molecule has 0 spiro atoms. The molecule has 34 heavy (non-hydrogen) atoms. The van der Waals surface area contributed by atoms with E-state index < -0.39 is 15.8 Å². The van der Waals surface area contributed by atoms with E-state index in [1.165, 1.54) is 36.4 Å². The smallest absolute Gasteiger partial charge is 0.363 e. The van der Waals surface area contributed by atoms with E-state index in [0.717, 1.165) is 0 Å². The summed E-state index contributed by atoms with van der Waals surface area (Å²) in [6.45, 7) is 1.67. The number of para-hydroxylation sites is 1. The SMILES string of the molecule is Cc1cc(C2=N/C(=C\c3ccccc3OCc3cccc([N+](=O)[O-])c3)C(=O)O2)ccc1[N+](=O)[O-]. The minimum absolute atomic E-state index is 0.0337. The van der Waals surface area contributed by atoms with E-state index in [1.807, 2.05) is 0 Å². The highest BCUT2D eigenvalue weighted by Crippen LogP contribution is 2.27. The van der Waals surface area contributed by atoms with Gasteiger partial charge in [0.25, 0.3) is 11.4 Å². The van der Waals surface area contributed by atoms with Gasteiger partial charge >= 0.3 is 5.97 Å². The lowest BCUT2D eigenvalue weighted by Crippen LogP contribution is -2.06. The average molecular weight is 459 g/mol. The second kappa shape index (κ2) is 9.33. The third-order valence-electron chi connectivity index (χ3n) is 4.99. The number of carbonyl (C=O) groups is 1. The molecule has 0 radical (unpaired) electrons. The number of hydrogen-bond donors (Lipinski definition) is 0. The minimum Gasteiger partial charge on any atom is -0.488 e. The van der Waals surface area contributed by atoms with E-state index in [2.05, 4.69) is 4.99 Å². The number of benzene rings is 3. The number of aryl methyl sites for hydroxylation is 1. The number of nitrogens with zero attached hydrogens (tertiary/aromatic N) is 3. The van der Waals surface area contributed by atoms with Gasteiger partial charge in [-0.1, -0.05) is 30.3 Å². The van der Waals surface area contributed by atoms with Gasteiger partial charge in [-0.3, -0.25) is 20.2 Å². The highest BCUT2D eigenvalue weighted by atomic mass is 16.6. The molecule has 1 heterocycles. The molecule has 3 aromatic rings. The van der Waals surface area contributed by atoms with Gasteiger partial charge in [0.1, 0.15) is 12.4 Å². The first kappa shape index (κ1) is 22.3. The molecule has 170 valence electrons. The van der Waals surface area contributed by atoms with Crippen LogP contribution in [0.15, 0.2) is 77.4 Å². The van der Waals surface area contributed by atoms with Crippen LogP contribution in [-0.4, -0.2) is 21.7 Å². The monoisotopic (exact) mass is 459 g/mol. The number of cyclic esters (lactones) is 1. The molecule has 0 aliphatic carbocycles. The third kappa shape index (κ3) is 4.80. The van der Waals surface area contributed by atoms with Gasteiger partial charge in [-0.05, 0) is 36.8 Å². The highest BCUT2D eigenvalue weighted by Gasteiger charge is 2.25.